The number of hydrogen-bond acceptors (Lipinski definition) is 3. The van der Waals surface area contributed by atoms with Gasteiger partial charge < -0.3 is 5.11 Å². The van der Waals surface area contributed by atoms with Crippen LogP contribution in [-0.2, 0) is 27.4 Å². The Bertz CT molecular complexity index is 896. The largest absolute Gasteiger partial charge is 0.481 e. The molecular weight excluding hydrogens is 383 g/mol. The van der Waals surface area contributed by atoms with E-state index in [1.165, 1.54) is 24.3 Å². The Labute approximate surface area is 146 Å². The van der Waals surface area contributed by atoms with Gasteiger partial charge in [-0.05, 0) is 35.9 Å². The van der Waals surface area contributed by atoms with E-state index in [0.29, 0.717) is 17.7 Å². The van der Waals surface area contributed by atoms with Gasteiger partial charge in [0.05, 0.1) is 17.0 Å². The number of nitrogens with one attached hydrogen (secondary N) is 1. The van der Waals surface area contributed by atoms with Crippen molar-refractivity contribution in [2.75, 3.05) is 4.72 Å². The van der Waals surface area contributed by atoms with Crippen molar-refractivity contribution in [3.63, 3.8) is 0 Å². The highest BCUT2D eigenvalue weighted by Crippen LogP contribution is 2.33. The van der Waals surface area contributed by atoms with Crippen molar-refractivity contribution in [3.05, 3.63) is 58.6 Å². The molecule has 10 heteroatoms. The molecule has 0 aliphatic carbocycles. The van der Waals surface area contributed by atoms with Crippen molar-refractivity contribution in [1.29, 1.82) is 0 Å². The normalized spacial score (nSPS) is 12.0. The number of aliphatic carboxylic acids is 1. The van der Waals surface area contributed by atoms with Crippen LogP contribution in [0.3, 0.4) is 0 Å². The van der Waals surface area contributed by atoms with E-state index in [1.807, 2.05) is 0 Å². The van der Waals surface area contributed by atoms with E-state index in [-0.39, 0.29) is 17.1 Å². The molecule has 0 unspecified atom stereocenters. The van der Waals surface area contributed by atoms with Gasteiger partial charge in [0.25, 0.3) is 10.0 Å². The lowest BCUT2D eigenvalue weighted by atomic mass is 10.1. The maximum absolute atomic E-state index is 12.8. The first-order valence-corrected chi connectivity index (χ1v) is 8.55. The Balaban J connectivity index is 2.32. The Morgan fingerprint density at radius 1 is 1.12 bits per heavy atom. The standard InChI is InChI=1S/C15H11ClF3NO4S/c16-12-6-3-10(15(17,18)19)8-13(12)25(23,24)20-11-4-1-9(2-5-11)7-14(21)22/h1-6,8,20H,7H2,(H,21,22). The predicted octanol–water partition coefficient (Wildman–Crippen LogP) is 3.79. The average Bonchev–Trinajstić information content (AvgIpc) is 2.47. The van der Waals surface area contributed by atoms with Gasteiger partial charge in [-0.2, -0.15) is 13.2 Å². The molecule has 0 saturated heterocycles. The summed E-state index contributed by atoms with van der Waals surface area (Å²) >= 11 is 5.73. The van der Waals surface area contributed by atoms with Gasteiger partial charge in [0.2, 0.25) is 0 Å². The molecule has 25 heavy (non-hydrogen) atoms. The number of carbonyl (C=O) groups is 1. The van der Waals surface area contributed by atoms with Gasteiger partial charge in [0.15, 0.2) is 0 Å². The zero-order valence-electron chi connectivity index (χ0n) is 12.3. The summed E-state index contributed by atoms with van der Waals surface area (Å²) in [6, 6.07) is 7.37. The number of sulfonamides is 1. The third-order valence-corrected chi connectivity index (χ3v) is 4.97. The molecule has 0 aromatic heterocycles. The molecule has 0 heterocycles. The van der Waals surface area contributed by atoms with E-state index in [4.69, 9.17) is 16.7 Å². The van der Waals surface area contributed by atoms with Crippen LogP contribution in [-0.4, -0.2) is 19.5 Å². The van der Waals surface area contributed by atoms with E-state index < -0.39 is 32.6 Å². The van der Waals surface area contributed by atoms with Crippen molar-refractivity contribution in [2.24, 2.45) is 0 Å². The summed E-state index contributed by atoms with van der Waals surface area (Å²) < 4.78 is 65.0. The number of anilines is 1. The Morgan fingerprint density at radius 2 is 1.72 bits per heavy atom. The minimum Gasteiger partial charge on any atom is -0.481 e. The van der Waals surface area contributed by atoms with Gasteiger partial charge in [-0.1, -0.05) is 23.7 Å². The first-order chi connectivity index (χ1) is 11.5. The summed E-state index contributed by atoms with van der Waals surface area (Å²) in [6.07, 6.45) is -4.96. The Hall–Kier alpha value is -2.26. The number of benzene rings is 2. The maximum atomic E-state index is 12.8. The smallest absolute Gasteiger partial charge is 0.416 e. The zero-order valence-corrected chi connectivity index (χ0v) is 13.9. The van der Waals surface area contributed by atoms with Gasteiger partial charge in [0, 0.05) is 5.69 Å². The molecule has 2 aromatic rings. The number of carboxylic acid groups (broad SMARTS) is 1. The summed E-state index contributed by atoms with van der Waals surface area (Å²) in [7, 11) is -4.36. The lowest BCUT2D eigenvalue weighted by Crippen LogP contribution is -2.15. The Kier molecular flexibility index (Phi) is 5.28. The summed E-state index contributed by atoms with van der Waals surface area (Å²) in [5, 5.41) is 8.32. The van der Waals surface area contributed by atoms with Crippen molar-refractivity contribution in [3.8, 4) is 0 Å². The molecule has 0 spiro atoms. The quantitative estimate of drug-likeness (QED) is 0.809. The second kappa shape index (κ2) is 6.93. The monoisotopic (exact) mass is 393 g/mol. The number of carboxylic acids is 1. The minimum atomic E-state index is -4.71. The molecule has 0 atom stereocenters. The SMILES string of the molecule is O=C(O)Cc1ccc(NS(=O)(=O)c2cc(C(F)(F)F)ccc2Cl)cc1. The van der Waals surface area contributed by atoms with E-state index >= 15 is 0 Å². The van der Waals surface area contributed by atoms with Gasteiger partial charge in [-0.15, -0.1) is 0 Å². The van der Waals surface area contributed by atoms with Crippen LogP contribution in [0.5, 0.6) is 0 Å². The van der Waals surface area contributed by atoms with Gasteiger partial charge in [0.1, 0.15) is 4.90 Å². The van der Waals surface area contributed by atoms with E-state index in [9.17, 15) is 26.4 Å². The fourth-order valence-electron chi connectivity index (χ4n) is 1.96. The van der Waals surface area contributed by atoms with Gasteiger partial charge in [-0.3, -0.25) is 9.52 Å². The van der Waals surface area contributed by atoms with Crippen molar-refractivity contribution in [1.82, 2.24) is 0 Å². The fourth-order valence-corrected chi connectivity index (χ4v) is 3.55. The second-order valence-electron chi connectivity index (χ2n) is 5.02. The number of alkyl halides is 3. The van der Waals surface area contributed by atoms with Crippen LogP contribution in [0.15, 0.2) is 47.4 Å². The highest BCUT2D eigenvalue weighted by atomic mass is 35.5. The van der Waals surface area contributed by atoms with E-state index in [0.717, 1.165) is 6.07 Å². The van der Waals surface area contributed by atoms with Gasteiger partial charge in [-0.25, -0.2) is 8.42 Å². The lowest BCUT2D eigenvalue weighted by Gasteiger charge is -2.13. The topological polar surface area (TPSA) is 83.5 Å². The van der Waals surface area contributed by atoms with Crippen LogP contribution >= 0.6 is 11.6 Å². The highest BCUT2D eigenvalue weighted by molar-refractivity contribution is 7.92. The molecular formula is C15H11ClF3NO4S. The van der Waals surface area contributed by atoms with Crippen LogP contribution < -0.4 is 4.72 Å². The first-order valence-electron chi connectivity index (χ1n) is 6.69. The van der Waals surface area contributed by atoms with E-state index in [2.05, 4.69) is 4.72 Å². The number of hydrogen-bond donors (Lipinski definition) is 2. The van der Waals surface area contributed by atoms with Crippen LogP contribution in [0.25, 0.3) is 0 Å². The molecule has 2 aromatic carbocycles. The predicted molar refractivity (Wildman–Crippen MR) is 85.0 cm³/mol. The molecule has 2 N–H and O–H groups in total. The minimum absolute atomic E-state index is 0.0580. The molecule has 5 nitrogen and oxygen atoms in total. The fraction of sp³-hybridized carbons (Fsp3) is 0.133. The molecule has 0 fully saturated rings. The number of rotatable bonds is 5. The van der Waals surface area contributed by atoms with Crippen molar-refractivity contribution < 1.29 is 31.5 Å². The summed E-state index contributed by atoms with van der Waals surface area (Å²) in [5.74, 6) is -1.05. The molecule has 0 aliphatic rings. The highest BCUT2D eigenvalue weighted by Gasteiger charge is 2.32. The third-order valence-electron chi connectivity index (χ3n) is 3.11. The van der Waals surface area contributed by atoms with Crippen molar-refractivity contribution in [2.45, 2.75) is 17.5 Å². The van der Waals surface area contributed by atoms with E-state index in [1.54, 1.807) is 0 Å². The van der Waals surface area contributed by atoms with Crippen LogP contribution in [0.4, 0.5) is 18.9 Å². The summed E-state index contributed by atoms with van der Waals surface area (Å²) in [5.41, 5.74) is -0.649. The summed E-state index contributed by atoms with van der Waals surface area (Å²) in [6.45, 7) is 0. The van der Waals surface area contributed by atoms with Gasteiger partial charge >= 0.3 is 12.1 Å². The Morgan fingerprint density at radius 3 is 2.24 bits per heavy atom. The second-order valence-corrected chi connectivity index (χ2v) is 7.07. The van der Waals surface area contributed by atoms with Crippen molar-refractivity contribution >= 4 is 33.3 Å². The van der Waals surface area contributed by atoms with Crippen LogP contribution in [0.2, 0.25) is 5.02 Å². The molecule has 134 valence electrons. The molecule has 0 saturated carbocycles. The molecule has 0 aliphatic heterocycles. The molecule has 2 rings (SSSR count). The molecule has 0 bridgehead atoms. The summed E-state index contributed by atoms with van der Waals surface area (Å²) in [4.78, 5) is 9.89. The number of halogens is 4. The average molecular weight is 394 g/mol. The van der Waals surface area contributed by atoms with Crippen LogP contribution in [0, 0.1) is 0 Å². The van der Waals surface area contributed by atoms with Crippen LogP contribution in [0.1, 0.15) is 11.1 Å². The molecule has 0 radical (unpaired) electrons. The maximum Gasteiger partial charge on any atom is 0.416 e. The lowest BCUT2D eigenvalue weighted by molar-refractivity contribution is -0.138. The zero-order chi connectivity index (χ0) is 18.8. The first kappa shape index (κ1) is 19.1. The molecule has 0 amide bonds. The third kappa shape index (κ3) is 4.86.